The normalized spacial score (nSPS) is 18.7. The topological polar surface area (TPSA) is 82.5 Å². The van der Waals surface area contributed by atoms with Crippen molar-refractivity contribution in [1.29, 1.82) is 0 Å². The number of hydrogen-bond acceptors (Lipinski definition) is 4. The van der Waals surface area contributed by atoms with Gasteiger partial charge in [0.05, 0.1) is 5.56 Å². The van der Waals surface area contributed by atoms with E-state index >= 15 is 0 Å². The number of amides is 1. The van der Waals surface area contributed by atoms with Crippen LogP contribution in [0.2, 0.25) is 0 Å². The number of carbonyl (C=O) groups excluding carboxylic acids is 1. The van der Waals surface area contributed by atoms with Gasteiger partial charge in [0.15, 0.2) is 0 Å². The highest BCUT2D eigenvalue weighted by atomic mass is 16.4. The SMILES string of the molecule is CNC(=O)C1CCCN1c1ccc(C(=O)O)cn1. The minimum Gasteiger partial charge on any atom is -0.478 e. The van der Waals surface area contributed by atoms with Gasteiger partial charge in [-0.05, 0) is 25.0 Å². The van der Waals surface area contributed by atoms with E-state index in [2.05, 4.69) is 10.3 Å². The number of pyridine rings is 1. The summed E-state index contributed by atoms with van der Waals surface area (Å²) in [4.78, 5) is 28.5. The van der Waals surface area contributed by atoms with Crippen molar-refractivity contribution in [2.24, 2.45) is 0 Å². The first kappa shape index (κ1) is 12.3. The number of nitrogens with zero attached hydrogens (tertiary/aromatic N) is 2. The first-order valence-electron chi connectivity index (χ1n) is 5.81. The molecule has 2 N–H and O–H groups in total. The summed E-state index contributed by atoms with van der Waals surface area (Å²) in [6, 6.07) is 2.94. The molecular weight excluding hydrogens is 234 g/mol. The molecule has 1 unspecified atom stereocenters. The van der Waals surface area contributed by atoms with Crippen LogP contribution in [0.5, 0.6) is 0 Å². The molecule has 1 aromatic heterocycles. The highest BCUT2D eigenvalue weighted by Crippen LogP contribution is 2.23. The summed E-state index contributed by atoms with van der Waals surface area (Å²) in [7, 11) is 1.61. The van der Waals surface area contributed by atoms with Crippen LogP contribution in [-0.2, 0) is 4.79 Å². The van der Waals surface area contributed by atoms with Gasteiger partial charge in [0.25, 0.3) is 0 Å². The van der Waals surface area contributed by atoms with E-state index in [4.69, 9.17) is 5.11 Å². The Hall–Kier alpha value is -2.11. The fraction of sp³-hybridized carbons (Fsp3) is 0.417. The van der Waals surface area contributed by atoms with E-state index in [9.17, 15) is 9.59 Å². The first-order chi connectivity index (χ1) is 8.63. The maximum absolute atomic E-state index is 11.7. The number of likely N-dealkylation sites (N-methyl/N-ethyl adjacent to an activating group) is 1. The maximum atomic E-state index is 11.7. The Kier molecular flexibility index (Phi) is 3.45. The number of hydrogen-bond donors (Lipinski definition) is 2. The maximum Gasteiger partial charge on any atom is 0.337 e. The summed E-state index contributed by atoms with van der Waals surface area (Å²) in [6.07, 6.45) is 3.04. The van der Waals surface area contributed by atoms with Gasteiger partial charge in [-0.3, -0.25) is 4.79 Å². The molecule has 6 nitrogen and oxygen atoms in total. The van der Waals surface area contributed by atoms with Gasteiger partial charge in [-0.2, -0.15) is 0 Å². The number of anilines is 1. The van der Waals surface area contributed by atoms with Gasteiger partial charge in [0, 0.05) is 19.8 Å². The van der Waals surface area contributed by atoms with Crippen LogP contribution in [0.1, 0.15) is 23.2 Å². The Balaban J connectivity index is 2.20. The molecule has 0 radical (unpaired) electrons. The van der Waals surface area contributed by atoms with Crippen molar-refractivity contribution < 1.29 is 14.7 Å². The lowest BCUT2D eigenvalue weighted by atomic mass is 10.2. The van der Waals surface area contributed by atoms with Crippen LogP contribution in [0, 0.1) is 0 Å². The lowest BCUT2D eigenvalue weighted by molar-refractivity contribution is -0.121. The fourth-order valence-corrected chi connectivity index (χ4v) is 2.16. The van der Waals surface area contributed by atoms with Gasteiger partial charge >= 0.3 is 5.97 Å². The quantitative estimate of drug-likeness (QED) is 0.815. The van der Waals surface area contributed by atoms with Gasteiger partial charge < -0.3 is 15.3 Å². The van der Waals surface area contributed by atoms with Gasteiger partial charge in [-0.25, -0.2) is 9.78 Å². The van der Waals surface area contributed by atoms with E-state index in [0.29, 0.717) is 5.82 Å². The first-order valence-corrected chi connectivity index (χ1v) is 5.81. The molecule has 1 aliphatic heterocycles. The summed E-state index contributed by atoms with van der Waals surface area (Å²) in [5, 5.41) is 11.4. The molecule has 0 spiro atoms. The molecule has 2 rings (SSSR count). The predicted octanol–water partition coefficient (Wildman–Crippen LogP) is 0.495. The van der Waals surface area contributed by atoms with Gasteiger partial charge in [-0.1, -0.05) is 0 Å². The highest BCUT2D eigenvalue weighted by Gasteiger charge is 2.30. The second-order valence-electron chi connectivity index (χ2n) is 4.18. The van der Waals surface area contributed by atoms with Crippen molar-refractivity contribution >= 4 is 17.7 Å². The largest absolute Gasteiger partial charge is 0.478 e. The molecule has 6 heteroatoms. The number of aromatic carboxylic acids is 1. The third-order valence-corrected chi connectivity index (χ3v) is 3.09. The molecule has 1 aliphatic rings. The van der Waals surface area contributed by atoms with Gasteiger partial charge in [-0.15, -0.1) is 0 Å². The van der Waals surface area contributed by atoms with Crippen LogP contribution in [0.15, 0.2) is 18.3 Å². The second kappa shape index (κ2) is 5.03. The zero-order valence-electron chi connectivity index (χ0n) is 10.1. The van der Waals surface area contributed by atoms with Crippen LogP contribution < -0.4 is 10.2 Å². The molecule has 1 atom stereocenters. The number of carbonyl (C=O) groups is 2. The van der Waals surface area contributed by atoms with Crippen LogP contribution in [-0.4, -0.2) is 41.6 Å². The number of nitrogens with one attached hydrogen (secondary N) is 1. The lowest BCUT2D eigenvalue weighted by Crippen LogP contribution is -2.42. The van der Waals surface area contributed by atoms with Crippen molar-refractivity contribution in [1.82, 2.24) is 10.3 Å². The predicted molar refractivity (Wildman–Crippen MR) is 65.6 cm³/mol. The monoisotopic (exact) mass is 249 g/mol. The molecule has 96 valence electrons. The minimum absolute atomic E-state index is 0.0309. The van der Waals surface area contributed by atoms with Crippen LogP contribution in [0.25, 0.3) is 0 Å². The molecule has 1 saturated heterocycles. The summed E-state index contributed by atoms with van der Waals surface area (Å²) in [5.41, 5.74) is 0.148. The molecule has 1 amide bonds. The van der Waals surface area contributed by atoms with Crippen molar-refractivity contribution in [2.75, 3.05) is 18.5 Å². The molecule has 0 aliphatic carbocycles. The number of carboxylic acids is 1. The van der Waals surface area contributed by atoms with Crippen LogP contribution in [0.3, 0.4) is 0 Å². The van der Waals surface area contributed by atoms with Gasteiger partial charge in [0.1, 0.15) is 11.9 Å². The summed E-state index contributed by atoms with van der Waals surface area (Å²) in [5.74, 6) is -0.388. The minimum atomic E-state index is -1.00. The van der Waals surface area contributed by atoms with Crippen LogP contribution >= 0.6 is 0 Å². The Bertz CT molecular complexity index is 458. The van der Waals surface area contributed by atoms with E-state index in [1.54, 1.807) is 13.1 Å². The Morgan fingerprint density at radius 2 is 2.28 bits per heavy atom. The van der Waals surface area contributed by atoms with Crippen molar-refractivity contribution in [3.8, 4) is 0 Å². The second-order valence-corrected chi connectivity index (χ2v) is 4.18. The summed E-state index contributed by atoms with van der Waals surface area (Å²) >= 11 is 0. The zero-order chi connectivity index (χ0) is 13.1. The third kappa shape index (κ3) is 2.27. The molecule has 1 fully saturated rings. The smallest absolute Gasteiger partial charge is 0.337 e. The van der Waals surface area contributed by atoms with Gasteiger partial charge in [0.2, 0.25) is 5.91 Å². The number of carboxylic acid groups (broad SMARTS) is 1. The Morgan fingerprint density at radius 3 is 2.83 bits per heavy atom. The summed E-state index contributed by atoms with van der Waals surface area (Å²) < 4.78 is 0. The molecule has 0 saturated carbocycles. The Morgan fingerprint density at radius 1 is 1.50 bits per heavy atom. The van der Waals surface area contributed by atoms with Crippen LogP contribution in [0.4, 0.5) is 5.82 Å². The zero-order valence-corrected chi connectivity index (χ0v) is 10.1. The highest BCUT2D eigenvalue weighted by molar-refractivity contribution is 5.88. The van der Waals surface area contributed by atoms with Crippen molar-refractivity contribution in [3.63, 3.8) is 0 Å². The average molecular weight is 249 g/mol. The number of rotatable bonds is 3. The molecule has 2 heterocycles. The Labute approximate surface area is 105 Å². The van der Waals surface area contributed by atoms with E-state index in [0.717, 1.165) is 19.4 Å². The van der Waals surface area contributed by atoms with E-state index in [1.165, 1.54) is 12.3 Å². The third-order valence-electron chi connectivity index (χ3n) is 3.09. The fourth-order valence-electron chi connectivity index (χ4n) is 2.16. The molecular formula is C12H15N3O3. The molecule has 0 bridgehead atoms. The standard InChI is InChI=1S/C12H15N3O3/c1-13-11(16)9-3-2-6-15(9)10-5-4-8(7-14-10)12(17)18/h4-5,7,9H,2-3,6H2,1H3,(H,13,16)(H,17,18). The molecule has 1 aromatic rings. The molecule has 18 heavy (non-hydrogen) atoms. The average Bonchev–Trinajstić information content (AvgIpc) is 2.87. The van der Waals surface area contributed by atoms with E-state index in [1.807, 2.05) is 4.90 Å². The van der Waals surface area contributed by atoms with Crippen molar-refractivity contribution in [2.45, 2.75) is 18.9 Å². The number of aromatic nitrogens is 1. The van der Waals surface area contributed by atoms with E-state index in [-0.39, 0.29) is 17.5 Å². The van der Waals surface area contributed by atoms with Crippen molar-refractivity contribution in [3.05, 3.63) is 23.9 Å². The molecule has 0 aromatic carbocycles. The lowest BCUT2D eigenvalue weighted by Gasteiger charge is -2.24. The van der Waals surface area contributed by atoms with E-state index < -0.39 is 5.97 Å². The summed E-state index contributed by atoms with van der Waals surface area (Å²) in [6.45, 7) is 0.761.